The summed E-state index contributed by atoms with van der Waals surface area (Å²) >= 11 is 2.15. The maximum Gasteiger partial charge on any atom is 0.0470 e. The molecule has 2 nitrogen and oxygen atoms in total. The molecule has 108 valence electrons. The van der Waals surface area contributed by atoms with Gasteiger partial charge in [0.05, 0.1) is 0 Å². The van der Waals surface area contributed by atoms with Gasteiger partial charge in [-0.25, -0.2) is 0 Å². The Morgan fingerprint density at radius 3 is 2.56 bits per heavy atom. The van der Waals surface area contributed by atoms with E-state index < -0.39 is 0 Å². The number of ether oxygens (including phenoxy) is 1. The van der Waals surface area contributed by atoms with Gasteiger partial charge in [0.2, 0.25) is 0 Å². The third kappa shape index (κ3) is 5.10. The van der Waals surface area contributed by atoms with Crippen molar-refractivity contribution < 1.29 is 4.74 Å². The summed E-state index contributed by atoms with van der Waals surface area (Å²) in [5.74, 6) is 2.11. The van der Waals surface area contributed by atoms with Gasteiger partial charge in [-0.1, -0.05) is 20.8 Å². The molecule has 3 heteroatoms. The van der Waals surface area contributed by atoms with Crippen LogP contribution in [0, 0.1) is 11.3 Å². The van der Waals surface area contributed by atoms with Gasteiger partial charge in [-0.15, -0.1) is 0 Å². The maximum atomic E-state index is 5.13. The molecule has 0 heterocycles. The van der Waals surface area contributed by atoms with Gasteiger partial charge < -0.3 is 10.1 Å². The van der Waals surface area contributed by atoms with Gasteiger partial charge >= 0.3 is 0 Å². The molecule has 3 unspecified atom stereocenters. The molecule has 1 aliphatic carbocycles. The topological polar surface area (TPSA) is 21.3 Å². The molecule has 1 fully saturated rings. The van der Waals surface area contributed by atoms with Crippen molar-refractivity contribution in [3.05, 3.63) is 0 Å². The van der Waals surface area contributed by atoms with Gasteiger partial charge in [-0.05, 0) is 49.8 Å². The van der Waals surface area contributed by atoms with E-state index in [-0.39, 0.29) is 0 Å². The lowest BCUT2D eigenvalue weighted by Crippen LogP contribution is -2.43. The molecule has 1 rings (SSSR count). The first-order chi connectivity index (χ1) is 8.49. The Morgan fingerprint density at radius 2 is 2.00 bits per heavy atom. The lowest BCUT2D eigenvalue weighted by atomic mass is 9.71. The van der Waals surface area contributed by atoms with Crippen molar-refractivity contribution in [1.82, 2.24) is 5.32 Å². The fraction of sp³-hybridized carbons (Fsp3) is 1.00. The van der Waals surface area contributed by atoms with E-state index in [1.54, 1.807) is 7.11 Å². The van der Waals surface area contributed by atoms with Crippen LogP contribution in [0.5, 0.6) is 0 Å². The van der Waals surface area contributed by atoms with Crippen LogP contribution in [0.25, 0.3) is 0 Å². The SMILES string of the molecule is CNC1CCC(C(C)(C)C)CC1SCCCOC. The Labute approximate surface area is 118 Å². The Bertz CT molecular complexity index is 227. The highest BCUT2D eigenvalue weighted by Crippen LogP contribution is 2.41. The lowest BCUT2D eigenvalue weighted by molar-refractivity contribution is 0.167. The third-order valence-electron chi connectivity index (χ3n) is 4.21. The van der Waals surface area contributed by atoms with E-state index in [1.807, 2.05) is 0 Å². The van der Waals surface area contributed by atoms with Crippen molar-refractivity contribution in [2.24, 2.45) is 11.3 Å². The molecule has 0 aliphatic heterocycles. The van der Waals surface area contributed by atoms with Crippen LogP contribution in [-0.4, -0.2) is 37.8 Å². The number of nitrogens with one attached hydrogen (secondary N) is 1. The Morgan fingerprint density at radius 1 is 1.28 bits per heavy atom. The Balaban J connectivity index is 2.43. The molecule has 0 aromatic heterocycles. The van der Waals surface area contributed by atoms with E-state index in [0.717, 1.165) is 17.8 Å². The van der Waals surface area contributed by atoms with Crippen molar-refractivity contribution in [2.45, 2.75) is 57.7 Å². The first-order valence-electron chi connectivity index (χ1n) is 7.26. The van der Waals surface area contributed by atoms with E-state index in [2.05, 4.69) is 44.9 Å². The first-order valence-corrected chi connectivity index (χ1v) is 8.31. The van der Waals surface area contributed by atoms with Crippen LogP contribution in [0.1, 0.15) is 46.5 Å². The number of rotatable bonds is 6. The monoisotopic (exact) mass is 273 g/mol. The molecule has 0 saturated heterocycles. The third-order valence-corrected chi connectivity index (χ3v) is 5.69. The van der Waals surface area contributed by atoms with E-state index >= 15 is 0 Å². The number of hydrogen-bond acceptors (Lipinski definition) is 3. The van der Waals surface area contributed by atoms with Gasteiger partial charge in [0.15, 0.2) is 0 Å². The summed E-state index contributed by atoms with van der Waals surface area (Å²) in [5, 5.41) is 4.30. The van der Waals surface area contributed by atoms with Crippen molar-refractivity contribution >= 4 is 11.8 Å². The van der Waals surface area contributed by atoms with Crippen molar-refractivity contribution in [1.29, 1.82) is 0 Å². The van der Waals surface area contributed by atoms with Crippen molar-refractivity contribution in [2.75, 3.05) is 26.5 Å². The van der Waals surface area contributed by atoms with Crippen molar-refractivity contribution in [3.63, 3.8) is 0 Å². The standard InChI is InChI=1S/C15H31NOS/c1-15(2,3)12-7-8-13(16-4)14(11-12)18-10-6-9-17-5/h12-14,16H,6-11H2,1-5H3. The molecule has 0 aromatic carbocycles. The zero-order chi connectivity index (χ0) is 13.6. The van der Waals surface area contributed by atoms with Crippen LogP contribution in [0.4, 0.5) is 0 Å². The molecule has 1 saturated carbocycles. The van der Waals surface area contributed by atoms with E-state index in [9.17, 15) is 0 Å². The summed E-state index contributed by atoms with van der Waals surface area (Å²) in [7, 11) is 3.90. The zero-order valence-corrected chi connectivity index (χ0v) is 13.6. The van der Waals surface area contributed by atoms with Crippen molar-refractivity contribution in [3.8, 4) is 0 Å². The molecule has 1 N–H and O–H groups in total. The average molecular weight is 273 g/mol. The fourth-order valence-electron chi connectivity index (χ4n) is 2.87. The van der Waals surface area contributed by atoms with Gasteiger partial charge in [0.25, 0.3) is 0 Å². The van der Waals surface area contributed by atoms with Crippen LogP contribution in [0.2, 0.25) is 0 Å². The second-order valence-electron chi connectivity index (χ2n) is 6.53. The van der Waals surface area contributed by atoms with Gasteiger partial charge in [-0.3, -0.25) is 0 Å². The molecular weight excluding hydrogens is 242 g/mol. The largest absolute Gasteiger partial charge is 0.385 e. The molecule has 18 heavy (non-hydrogen) atoms. The zero-order valence-electron chi connectivity index (χ0n) is 12.8. The van der Waals surface area contributed by atoms with Gasteiger partial charge in [-0.2, -0.15) is 11.8 Å². The quantitative estimate of drug-likeness (QED) is 0.748. The van der Waals surface area contributed by atoms with Crippen LogP contribution in [0.3, 0.4) is 0 Å². The second-order valence-corrected chi connectivity index (χ2v) is 7.87. The molecule has 0 bridgehead atoms. The molecular formula is C15H31NOS. The lowest BCUT2D eigenvalue weighted by Gasteiger charge is -2.41. The molecule has 0 aromatic rings. The minimum Gasteiger partial charge on any atom is -0.385 e. The summed E-state index contributed by atoms with van der Waals surface area (Å²) < 4.78 is 5.13. The first kappa shape index (κ1) is 16.3. The highest BCUT2D eigenvalue weighted by molar-refractivity contribution is 7.99. The predicted octanol–water partition coefficient (Wildman–Crippen LogP) is 3.56. The molecule has 0 spiro atoms. The van der Waals surface area contributed by atoms with Crippen LogP contribution >= 0.6 is 11.8 Å². The van der Waals surface area contributed by atoms with Crippen LogP contribution in [-0.2, 0) is 4.74 Å². The molecule has 0 radical (unpaired) electrons. The number of hydrogen-bond donors (Lipinski definition) is 1. The Kier molecular flexibility index (Phi) is 7.04. The van der Waals surface area contributed by atoms with Crippen LogP contribution < -0.4 is 5.32 Å². The molecule has 1 aliphatic rings. The minimum atomic E-state index is 0.462. The summed E-state index contributed by atoms with van der Waals surface area (Å²) in [5.41, 5.74) is 0.462. The summed E-state index contributed by atoms with van der Waals surface area (Å²) in [4.78, 5) is 0. The summed E-state index contributed by atoms with van der Waals surface area (Å²) in [6, 6.07) is 0.705. The second kappa shape index (κ2) is 7.76. The van der Waals surface area contributed by atoms with Gasteiger partial charge in [0.1, 0.15) is 0 Å². The number of methoxy groups -OCH3 is 1. The van der Waals surface area contributed by atoms with E-state index in [4.69, 9.17) is 4.74 Å². The molecule has 0 amide bonds. The normalized spacial score (nSPS) is 29.5. The fourth-order valence-corrected chi connectivity index (χ4v) is 4.33. The van der Waals surface area contributed by atoms with Crippen LogP contribution in [0.15, 0.2) is 0 Å². The highest BCUT2D eigenvalue weighted by atomic mass is 32.2. The predicted molar refractivity (Wildman–Crippen MR) is 82.4 cm³/mol. The molecule has 3 atom stereocenters. The summed E-state index contributed by atoms with van der Waals surface area (Å²) in [6.45, 7) is 8.07. The highest BCUT2D eigenvalue weighted by Gasteiger charge is 2.35. The smallest absolute Gasteiger partial charge is 0.0470 e. The summed E-state index contributed by atoms with van der Waals surface area (Å²) in [6.07, 6.45) is 5.26. The Hall–Kier alpha value is 0.270. The van der Waals surface area contributed by atoms with Gasteiger partial charge in [0, 0.05) is 25.0 Å². The van der Waals surface area contributed by atoms with E-state index in [0.29, 0.717) is 11.5 Å². The van der Waals surface area contributed by atoms with E-state index in [1.165, 1.54) is 31.4 Å². The minimum absolute atomic E-state index is 0.462. The average Bonchev–Trinajstić information content (AvgIpc) is 2.33. The number of thioether (sulfide) groups is 1. The maximum absolute atomic E-state index is 5.13.